The lowest BCUT2D eigenvalue weighted by Crippen LogP contribution is -2.18. The van der Waals surface area contributed by atoms with E-state index in [-0.39, 0.29) is 17.9 Å². The zero-order valence-electron chi connectivity index (χ0n) is 11.1. The molecule has 106 valence electrons. The largest absolute Gasteiger partial charge is 0.326 e. The van der Waals surface area contributed by atoms with Crippen molar-refractivity contribution < 1.29 is 13.6 Å². The zero-order chi connectivity index (χ0) is 14.9. The number of rotatable bonds is 3. The molecular weight excluding hydrogens is 266 g/mol. The molecule has 1 aromatic carbocycles. The maximum Gasteiger partial charge on any atom is 0.262 e. The van der Waals surface area contributed by atoms with Gasteiger partial charge in [0.2, 0.25) is 0 Å². The van der Waals surface area contributed by atoms with Crippen LogP contribution in [0.1, 0.15) is 21.5 Å². The topological polar surface area (TPSA) is 72.9 Å². The Morgan fingerprint density at radius 2 is 2.15 bits per heavy atom. The molecule has 1 heterocycles. The molecule has 5 nitrogen and oxygen atoms in total. The van der Waals surface area contributed by atoms with Gasteiger partial charge in [-0.3, -0.25) is 9.48 Å². The number of benzene rings is 1. The molecule has 2 aromatic rings. The molecule has 1 aromatic heterocycles. The van der Waals surface area contributed by atoms with E-state index in [1.807, 2.05) is 0 Å². The van der Waals surface area contributed by atoms with E-state index in [0.717, 1.165) is 6.07 Å². The smallest absolute Gasteiger partial charge is 0.262 e. The molecule has 0 unspecified atom stereocenters. The first-order valence-corrected chi connectivity index (χ1v) is 5.92. The maximum atomic E-state index is 13.9. The first-order valence-electron chi connectivity index (χ1n) is 5.92. The number of hydrogen-bond donors (Lipinski definition) is 2. The van der Waals surface area contributed by atoms with Gasteiger partial charge in [-0.05, 0) is 18.6 Å². The highest BCUT2D eigenvalue weighted by atomic mass is 19.1. The lowest BCUT2D eigenvalue weighted by molar-refractivity contribution is 0.101. The van der Waals surface area contributed by atoms with E-state index < -0.39 is 23.1 Å². The van der Waals surface area contributed by atoms with E-state index in [2.05, 4.69) is 10.4 Å². The number of halogens is 2. The van der Waals surface area contributed by atoms with Crippen molar-refractivity contribution in [2.45, 2.75) is 13.5 Å². The molecule has 0 bridgehead atoms. The van der Waals surface area contributed by atoms with E-state index in [9.17, 15) is 13.6 Å². The third-order valence-electron chi connectivity index (χ3n) is 2.87. The van der Waals surface area contributed by atoms with Crippen molar-refractivity contribution in [3.8, 4) is 0 Å². The third kappa shape index (κ3) is 2.53. The number of hydrogen-bond acceptors (Lipinski definition) is 3. The second-order valence-corrected chi connectivity index (χ2v) is 4.39. The van der Waals surface area contributed by atoms with Crippen LogP contribution in [0.3, 0.4) is 0 Å². The van der Waals surface area contributed by atoms with Crippen molar-refractivity contribution in [3.05, 3.63) is 46.7 Å². The van der Waals surface area contributed by atoms with Gasteiger partial charge in [-0.1, -0.05) is 6.07 Å². The molecule has 0 aliphatic rings. The van der Waals surface area contributed by atoms with Crippen LogP contribution in [-0.2, 0) is 13.6 Å². The molecule has 7 heteroatoms. The van der Waals surface area contributed by atoms with Gasteiger partial charge in [-0.2, -0.15) is 5.10 Å². The van der Waals surface area contributed by atoms with E-state index in [1.165, 1.54) is 17.7 Å². The van der Waals surface area contributed by atoms with Crippen LogP contribution in [0.2, 0.25) is 0 Å². The van der Waals surface area contributed by atoms with Gasteiger partial charge in [0, 0.05) is 25.4 Å². The number of aryl methyl sites for hydroxylation is 2. The number of amides is 1. The van der Waals surface area contributed by atoms with Gasteiger partial charge in [0.25, 0.3) is 5.91 Å². The quantitative estimate of drug-likeness (QED) is 0.899. The van der Waals surface area contributed by atoms with Crippen molar-refractivity contribution in [1.29, 1.82) is 0 Å². The Balaban J connectivity index is 2.35. The summed E-state index contributed by atoms with van der Waals surface area (Å²) in [5.41, 5.74) is 5.65. The Hall–Kier alpha value is -2.28. The van der Waals surface area contributed by atoms with Crippen molar-refractivity contribution >= 4 is 11.7 Å². The number of carbonyl (C=O) groups excluding carboxylic acids is 1. The molecule has 0 saturated carbocycles. The highest BCUT2D eigenvalue weighted by Gasteiger charge is 2.20. The Morgan fingerprint density at radius 3 is 2.80 bits per heavy atom. The fraction of sp³-hybridized carbons (Fsp3) is 0.231. The maximum absolute atomic E-state index is 13.9. The molecule has 2 rings (SSSR count). The van der Waals surface area contributed by atoms with E-state index in [1.54, 1.807) is 13.2 Å². The Morgan fingerprint density at radius 1 is 1.45 bits per heavy atom. The molecule has 0 fully saturated rings. The fourth-order valence-electron chi connectivity index (χ4n) is 1.83. The van der Waals surface area contributed by atoms with E-state index >= 15 is 0 Å². The number of nitrogens with zero attached hydrogens (tertiary/aromatic N) is 2. The molecule has 1 amide bonds. The molecule has 0 spiro atoms. The van der Waals surface area contributed by atoms with Crippen LogP contribution in [0.25, 0.3) is 0 Å². The fourth-order valence-corrected chi connectivity index (χ4v) is 1.83. The van der Waals surface area contributed by atoms with Gasteiger partial charge in [0.15, 0.2) is 5.82 Å². The van der Waals surface area contributed by atoms with Crippen molar-refractivity contribution in [2.75, 3.05) is 5.32 Å². The Labute approximate surface area is 114 Å². The Kier molecular flexibility index (Phi) is 3.80. The predicted octanol–water partition coefficient (Wildman–Crippen LogP) is 1.72. The molecule has 0 atom stereocenters. The molecule has 20 heavy (non-hydrogen) atoms. The average Bonchev–Trinajstić information content (AvgIpc) is 2.74. The second kappa shape index (κ2) is 5.38. The number of nitrogens with one attached hydrogen (secondary N) is 1. The van der Waals surface area contributed by atoms with Crippen molar-refractivity contribution in [1.82, 2.24) is 9.78 Å². The minimum absolute atomic E-state index is 0.155. The molecular formula is C13H14F2N4O. The normalized spacial score (nSPS) is 10.7. The summed E-state index contributed by atoms with van der Waals surface area (Å²) >= 11 is 0. The summed E-state index contributed by atoms with van der Waals surface area (Å²) in [4.78, 5) is 12.0. The lowest BCUT2D eigenvalue weighted by atomic mass is 10.1. The number of aromatic nitrogens is 2. The minimum Gasteiger partial charge on any atom is -0.326 e. The third-order valence-corrected chi connectivity index (χ3v) is 2.87. The second-order valence-electron chi connectivity index (χ2n) is 4.39. The van der Waals surface area contributed by atoms with Crippen molar-refractivity contribution in [2.24, 2.45) is 12.8 Å². The number of carbonyl (C=O) groups is 1. The SMILES string of the molecule is Cc1ccc(F)c(C(=O)Nc2nn(C)cc2CN)c1F. The molecule has 3 N–H and O–H groups in total. The Bertz CT molecular complexity index is 667. The first kappa shape index (κ1) is 14.1. The monoisotopic (exact) mass is 280 g/mol. The number of nitrogens with two attached hydrogens (primary N) is 1. The number of anilines is 1. The van der Waals surface area contributed by atoms with Crippen LogP contribution in [0.5, 0.6) is 0 Å². The summed E-state index contributed by atoms with van der Waals surface area (Å²) in [6.07, 6.45) is 1.62. The van der Waals surface area contributed by atoms with Crippen molar-refractivity contribution in [3.63, 3.8) is 0 Å². The van der Waals surface area contributed by atoms with E-state index in [4.69, 9.17) is 5.73 Å². The lowest BCUT2D eigenvalue weighted by Gasteiger charge is -2.07. The highest BCUT2D eigenvalue weighted by molar-refractivity contribution is 6.04. The summed E-state index contributed by atoms with van der Waals surface area (Å²) in [7, 11) is 1.66. The van der Waals surface area contributed by atoms with Gasteiger partial charge in [-0.15, -0.1) is 0 Å². The van der Waals surface area contributed by atoms with Gasteiger partial charge < -0.3 is 11.1 Å². The van der Waals surface area contributed by atoms with E-state index in [0.29, 0.717) is 5.56 Å². The van der Waals surface area contributed by atoms with Crippen LogP contribution < -0.4 is 11.1 Å². The summed E-state index contributed by atoms with van der Waals surface area (Å²) in [6, 6.07) is 2.32. The van der Waals surface area contributed by atoms with Gasteiger partial charge in [-0.25, -0.2) is 8.78 Å². The zero-order valence-corrected chi connectivity index (χ0v) is 11.1. The van der Waals surface area contributed by atoms with Gasteiger partial charge >= 0.3 is 0 Å². The van der Waals surface area contributed by atoms with Crippen LogP contribution in [0.15, 0.2) is 18.3 Å². The molecule has 0 aliphatic heterocycles. The highest BCUT2D eigenvalue weighted by Crippen LogP contribution is 2.19. The summed E-state index contributed by atoms with van der Waals surface area (Å²) < 4.78 is 28.9. The molecule has 0 radical (unpaired) electrons. The summed E-state index contributed by atoms with van der Waals surface area (Å²) in [6.45, 7) is 1.61. The molecule has 0 aliphatic carbocycles. The van der Waals surface area contributed by atoms with Crippen LogP contribution in [0, 0.1) is 18.6 Å². The van der Waals surface area contributed by atoms with Crippen LogP contribution in [-0.4, -0.2) is 15.7 Å². The standard InChI is InChI=1S/C13H14F2N4O/c1-7-3-4-9(14)10(11(7)15)13(20)17-12-8(5-16)6-19(2)18-12/h3-4,6H,5,16H2,1-2H3,(H,17,18,20). The first-order chi connectivity index (χ1) is 9.43. The minimum atomic E-state index is -0.921. The molecule has 0 saturated heterocycles. The van der Waals surface area contributed by atoms with Crippen LogP contribution in [0.4, 0.5) is 14.6 Å². The van der Waals surface area contributed by atoms with Crippen LogP contribution >= 0.6 is 0 Å². The summed E-state index contributed by atoms with van der Waals surface area (Å²) in [5, 5.41) is 6.37. The average molecular weight is 280 g/mol. The summed E-state index contributed by atoms with van der Waals surface area (Å²) in [5.74, 6) is -2.50. The van der Waals surface area contributed by atoms with Gasteiger partial charge in [0.05, 0.1) is 0 Å². The van der Waals surface area contributed by atoms with Gasteiger partial charge in [0.1, 0.15) is 17.2 Å². The predicted molar refractivity (Wildman–Crippen MR) is 70.1 cm³/mol.